The molecule has 3 rings (SSSR count). The highest BCUT2D eigenvalue weighted by Gasteiger charge is 2.17. The fourth-order valence-corrected chi connectivity index (χ4v) is 2.93. The summed E-state index contributed by atoms with van der Waals surface area (Å²) in [4.78, 5) is 24.3. The van der Waals surface area contributed by atoms with Crippen molar-refractivity contribution in [3.8, 4) is 5.75 Å². The molecule has 0 aliphatic carbocycles. The highest BCUT2D eigenvalue weighted by molar-refractivity contribution is 6.30. The summed E-state index contributed by atoms with van der Waals surface area (Å²) >= 11 is 5.88. The fraction of sp³-hybridized carbons (Fsp3) is 0.154. The summed E-state index contributed by atoms with van der Waals surface area (Å²) in [6.07, 6.45) is 1.99. The molecule has 0 radical (unpaired) electrons. The van der Waals surface area contributed by atoms with Crippen molar-refractivity contribution < 1.29 is 19.1 Å². The molecule has 0 saturated carbocycles. The zero-order chi connectivity index (χ0) is 22.9. The average molecular weight is 450 g/mol. The number of halogens is 1. The highest BCUT2D eigenvalue weighted by Crippen LogP contribution is 2.17. The number of hydrogen-bond acceptors (Lipinski definition) is 4. The molecule has 0 bridgehead atoms. The van der Waals surface area contributed by atoms with E-state index in [0.29, 0.717) is 23.1 Å². The molecule has 3 aromatic carbocycles. The third kappa shape index (κ3) is 7.00. The summed E-state index contributed by atoms with van der Waals surface area (Å²) in [5.41, 5.74) is 3.44. The molecule has 1 N–H and O–H groups in total. The van der Waals surface area contributed by atoms with Crippen molar-refractivity contribution in [2.24, 2.45) is 0 Å². The van der Waals surface area contributed by atoms with Gasteiger partial charge >= 0.3 is 5.97 Å². The third-order valence-electron chi connectivity index (χ3n) is 4.68. The van der Waals surface area contributed by atoms with Gasteiger partial charge in [0.25, 0.3) is 5.91 Å². The van der Waals surface area contributed by atoms with E-state index in [9.17, 15) is 9.59 Å². The summed E-state index contributed by atoms with van der Waals surface area (Å²) in [6.45, 7) is 3.86. The molecule has 0 fully saturated rings. The van der Waals surface area contributed by atoms with E-state index in [1.165, 1.54) is 13.0 Å². The Morgan fingerprint density at radius 3 is 2.38 bits per heavy atom. The molecule has 0 aromatic heterocycles. The Balaban J connectivity index is 1.47. The maximum Gasteiger partial charge on any atom is 0.331 e. The molecular formula is C26H24ClNO4. The zero-order valence-electron chi connectivity index (χ0n) is 17.9. The molecule has 0 spiro atoms. The number of hydrogen-bond donors (Lipinski definition) is 1. The van der Waals surface area contributed by atoms with Crippen LogP contribution in [0.4, 0.5) is 5.69 Å². The quantitative estimate of drug-likeness (QED) is 0.348. The third-order valence-corrected chi connectivity index (χ3v) is 4.93. The lowest BCUT2D eigenvalue weighted by Crippen LogP contribution is -2.29. The molecule has 164 valence electrons. The van der Waals surface area contributed by atoms with Gasteiger partial charge in [-0.1, -0.05) is 54.1 Å². The molecule has 3 aromatic rings. The van der Waals surface area contributed by atoms with Crippen LogP contribution in [0.25, 0.3) is 6.08 Å². The lowest BCUT2D eigenvalue weighted by molar-refractivity contribution is -0.148. The van der Waals surface area contributed by atoms with Gasteiger partial charge in [0.2, 0.25) is 0 Å². The van der Waals surface area contributed by atoms with Gasteiger partial charge in [-0.2, -0.15) is 0 Å². The summed E-state index contributed by atoms with van der Waals surface area (Å²) < 4.78 is 10.9. The number of nitrogens with one attached hydrogen (secondary N) is 1. The topological polar surface area (TPSA) is 64.6 Å². The molecule has 0 aliphatic heterocycles. The Morgan fingerprint density at radius 1 is 1.00 bits per heavy atom. The molecule has 0 aliphatic rings. The predicted octanol–water partition coefficient (Wildman–Crippen LogP) is 5.81. The first-order chi connectivity index (χ1) is 15.4. The number of aryl methyl sites for hydroxylation is 1. The van der Waals surface area contributed by atoms with Gasteiger partial charge in [-0.15, -0.1) is 0 Å². The van der Waals surface area contributed by atoms with Gasteiger partial charge in [-0.3, -0.25) is 4.79 Å². The van der Waals surface area contributed by atoms with Gasteiger partial charge in [-0.25, -0.2) is 4.79 Å². The van der Waals surface area contributed by atoms with Gasteiger partial charge < -0.3 is 14.8 Å². The summed E-state index contributed by atoms with van der Waals surface area (Å²) in [6, 6.07) is 22.2. The summed E-state index contributed by atoms with van der Waals surface area (Å²) in [5, 5.41) is 3.45. The van der Waals surface area contributed by atoms with Crippen LogP contribution in [-0.2, 0) is 20.9 Å². The summed E-state index contributed by atoms with van der Waals surface area (Å²) in [5.74, 6) is -0.273. The van der Waals surface area contributed by atoms with E-state index >= 15 is 0 Å². The Labute approximate surface area is 192 Å². The number of ether oxygens (including phenoxy) is 2. The minimum atomic E-state index is -0.921. The second-order valence-corrected chi connectivity index (χ2v) is 7.64. The van der Waals surface area contributed by atoms with Crippen LogP contribution in [0.2, 0.25) is 5.02 Å². The largest absolute Gasteiger partial charge is 0.489 e. The molecule has 0 saturated heterocycles. The Morgan fingerprint density at radius 2 is 1.69 bits per heavy atom. The first-order valence-corrected chi connectivity index (χ1v) is 10.5. The number of carbonyl (C=O) groups excluding carboxylic acids is 2. The number of para-hydroxylation sites is 1. The average Bonchev–Trinajstić information content (AvgIpc) is 2.79. The minimum absolute atomic E-state index is 0.386. The maximum absolute atomic E-state index is 12.3. The molecule has 32 heavy (non-hydrogen) atoms. The number of anilines is 1. The zero-order valence-corrected chi connectivity index (χ0v) is 18.6. The van der Waals surface area contributed by atoms with Crippen molar-refractivity contribution in [1.29, 1.82) is 0 Å². The van der Waals surface area contributed by atoms with Crippen LogP contribution >= 0.6 is 11.6 Å². The normalized spacial score (nSPS) is 11.7. The molecule has 5 nitrogen and oxygen atoms in total. The molecule has 6 heteroatoms. The second-order valence-electron chi connectivity index (χ2n) is 7.20. The van der Waals surface area contributed by atoms with Crippen LogP contribution in [0.3, 0.4) is 0 Å². The van der Waals surface area contributed by atoms with Crippen molar-refractivity contribution in [1.82, 2.24) is 0 Å². The van der Waals surface area contributed by atoms with E-state index in [1.807, 2.05) is 73.7 Å². The van der Waals surface area contributed by atoms with Crippen molar-refractivity contribution in [2.75, 3.05) is 5.32 Å². The number of esters is 1. The molecule has 1 atom stereocenters. The first-order valence-electron chi connectivity index (χ1n) is 10.1. The smallest absolute Gasteiger partial charge is 0.331 e. The van der Waals surface area contributed by atoms with Gasteiger partial charge in [-0.05, 0) is 66.9 Å². The van der Waals surface area contributed by atoms with Crippen LogP contribution in [0, 0.1) is 6.92 Å². The molecule has 1 amide bonds. The minimum Gasteiger partial charge on any atom is -0.489 e. The van der Waals surface area contributed by atoms with E-state index in [1.54, 1.807) is 12.1 Å². The van der Waals surface area contributed by atoms with Crippen molar-refractivity contribution >= 4 is 35.2 Å². The van der Waals surface area contributed by atoms with Gasteiger partial charge in [0, 0.05) is 16.8 Å². The van der Waals surface area contributed by atoms with Gasteiger partial charge in [0.05, 0.1) is 0 Å². The second kappa shape index (κ2) is 11.2. The van der Waals surface area contributed by atoms with Gasteiger partial charge in [0.1, 0.15) is 12.4 Å². The number of amides is 1. The van der Waals surface area contributed by atoms with Crippen molar-refractivity contribution in [3.05, 3.63) is 101 Å². The number of carbonyl (C=O) groups is 2. The molecule has 0 heterocycles. The lowest BCUT2D eigenvalue weighted by atomic mass is 10.2. The van der Waals surface area contributed by atoms with E-state index in [4.69, 9.17) is 21.1 Å². The van der Waals surface area contributed by atoms with Crippen LogP contribution < -0.4 is 10.1 Å². The van der Waals surface area contributed by atoms with Crippen LogP contribution in [0.1, 0.15) is 23.6 Å². The van der Waals surface area contributed by atoms with Crippen molar-refractivity contribution in [3.63, 3.8) is 0 Å². The predicted molar refractivity (Wildman–Crippen MR) is 127 cm³/mol. The van der Waals surface area contributed by atoms with Crippen LogP contribution in [-0.4, -0.2) is 18.0 Å². The molecular weight excluding hydrogens is 426 g/mol. The van der Waals surface area contributed by atoms with Crippen LogP contribution in [0.5, 0.6) is 5.75 Å². The van der Waals surface area contributed by atoms with E-state index in [2.05, 4.69) is 5.32 Å². The monoisotopic (exact) mass is 449 g/mol. The first kappa shape index (κ1) is 23.1. The molecule has 1 unspecified atom stereocenters. The number of rotatable bonds is 8. The van der Waals surface area contributed by atoms with Crippen molar-refractivity contribution in [2.45, 2.75) is 26.6 Å². The lowest BCUT2D eigenvalue weighted by Gasteiger charge is -2.13. The van der Waals surface area contributed by atoms with E-state index in [0.717, 1.165) is 16.7 Å². The maximum atomic E-state index is 12.3. The number of benzene rings is 3. The SMILES string of the molecule is Cc1ccccc1NC(=O)C(C)OC(=O)/C=C/c1ccc(OCc2ccc(Cl)cc2)cc1. The fourth-order valence-electron chi connectivity index (χ4n) is 2.80. The Hall–Kier alpha value is -3.57. The van der Waals surface area contributed by atoms with E-state index in [-0.39, 0.29) is 5.91 Å². The standard InChI is InChI=1S/C26H24ClNO4/c1-18-5-3-4-6-24(18)28-26(30)19(2)32-25(29)16-11-20-9-14-23(15-10-20)31-17-21-7-12-22(27)13-8-21/h3-16,19H,17H2,1-2H3,(H,28,30)/b16-11+. The Kier molecular flexibility index (Phi) is 8.06. The summed E-state index contributed by atoms with van der Waals surface area (Å²) in [7, 11) is 0. The van der Waals surface area contributed by atoms with Crippen LogP contribution in [0.15, 0.2) is 78.9 Å². The highest BCUT2D eigenvalue weighted by atomic mass is 35.5. The van der Waals surface area contributed by atoms with Gasteiger partial charge in [0.15, 0.2) is 6.10 Å². The Bertz CT molecular complexity index is 1090. The van der Waals surface area contributed by atoms with E-state index < -0.39 is 12.1 Å².